The molecule has 1 aliphatic heterocycles. The van der Waals surface area contributed by atoms with Crippen LogP contribution in [0.15, 0.2) is 24.3 Å². The van der Waals surface area contributed by atoms with E-state index in [9.17, 15) is 4.79 Å². The third-order valence-electron chi connectivity index (χ3n) is 5.61. The van der Waals surface area contributed by atoms with E-state index in [1.54, 1.807) is 0 Å². The van der Waals surface area contributed by atoms with Gasteiger partial charge in [-0.2, -0.15) is 5.10 Å². The summed E-state index contributed by atoms with van der Waals surface area (Å²) in [5.74, 6) is 0.0459. The van der Waals surface area contributed by atoms with E-state index in [-0.39, 0.29) is 24.4 Å². The molecule has 2 aliphatic rings. The highest BCUT2D eigenvalue weighted by molar-refractivity contribution is 6.30. The zero-order valence-corrected chi connectivity index (χ0v) is 17.2. The fourth-order valence-electron chi connectivity index (χ4n) is 4.05. The van der Waals surface area contributed by atoms with Gasteiger partial charge in [0.1, 0.15) is 0 Å². The number of rotatable bonds is 3. The summed E-state index contributed by atoms with van der Waals surface area (Å²) in [5.41, 5.74) is 3.93. The highest BCUT2D eigenvalue weighted by atomic mass is 35.5. The maximum absolute atomic E-state index is 13.2. The van der Waals surface area contributed by atoms with Crippen LogP contribution in [0.5, 0.6) is 0 Å². The molecule has 1 saturated heterocycles. The first-order chi connectivity index (χ1) is 12.6. The van der Waals surface area contributed by atoms with Crippen LogP contribution < -0.4 is 5.32 Å². The highest BCUT2D eigenvalue weighted by Gasteiger charge is 2.30. The summed E-state index contributed by atoms with van der Waals surface area (Å²) < 4.78 is 1.96. The molecule has 0 bridgehead atoms. The fraction of sp³-hybridized carbons (Fsp3) is 0.500. The summed E-state index contributed by atoms with van der Waals surface area (Å²) in [7, 11) is 1.91. The SMILES string of the molecule is CN(C(=O)c1nn(-c2ccc(Cl)cc2)c2c1CCCCC2)C1CCNC1.Cl. The van der Waals surface area contributed by atoms with E-state index in [4.69, 9.17) is 16.7 Å². The lowest BCUT2D eigenvalue weighted by Gasteiger charge is -2.23. The van der Waals surface area contributed by atoms with Crippen molar-refractivity contribution >= 4 is 29.9 Å². The van der Waals surface area contributed by atoms with Crippen LogP contribution in [0.25, 0.3) is 5.69 Å². The van der Waals surface area contributed by atoms with Crippen molar-refractivity contribution in [3.05, 3.63) is 46.2 Å². The number of nitrogens with one attached hydrogen (secondary N) is 1. The molecule has 27 heavy (non-hydrogen) atoms. The smallest absolute Gasteiger partial charge is 0.274 e. The minimum Gasteiger partial charge on any atom is -0.336 e. The second kappa shape index (κ2) is 8.63. The third kappa shape index (κ3) is 4.00. The van der Waals surface area contributed by atoms with Gasteiger partial charge in [-0.1, -0.05) is 18.0 Å². The van der Waals surface area contributed by atoms with Crippen LogP contribution in [0, 0.1) is 0 Å². The predicted molar refractivity (Wildman–Crippen MR) is 110 cm³/mol. The molecule has 1 unspecified atom stereocenters. The van der Waals surface area contributed by atoms with Crippen LogP contribution in [0.1, 0.15) is 47.4 Å². The van der Waals surface area contributed by atoms with Crippen LogP contribution in [0.3, 0.4) is 0 Å². The quantitative estimate of drug-likeness (QED) is 0.788. The number of hydrogen-bond donors (Lipinski definition) is 1. The van der Waals surface area contributed by atoms with E-state index in [1.165, 1.54) is 12.1 Å². The molecule has 1 atom stereocenters. The van der Waals surface area contributed by atoms with Crippen LogP contribution in [0.2, 0.25) is 5.02 Å². The third-order valence-corrected chi connectivity index (χ3v) is 5.86. The monoisotopic (exact) mass is 408 g/mol. The normalized spacial score (nSPS) is 19.1. The number of hydrogen-bond acceptors (Lipinski definition) is 3. The summed E-state index contributed by atoms with van der Waals surface area (Å²) in [6, 6.07) is 7.95. The van der Waals surface area contributed by atoms with E-state index >= 15 is 0 Å². The Bertz CT molecular complexity index is 797. The van der Waals surface area contributed by atoms with Crippen LogP contribution in [-0.4, -0.2) is 46.8 Å². The second-order valence-corrected chi connectivity index (χ2v) is 7.72. The van der Waals surface area contributed by atoms with Crippen molar-refractivity contribution in [3.8, 4) is 5.69 Å². The maximum Gasteiger partial charge on any atom is 0.274 e. The zero-order chi connectivity index (χ0) is 18.1. The van der Waals surface area contributed by atoms with E-state index < -0.39 is 0 Å². The van der Waals surface area contributed by atoms with Gasteiger partial charge in [0.05, 0.1) is 5.69 Å². The Morgan fingerprint density at radius 1 is 1.22 bits per heavy atom. The molecule has 0 saturated carbocycles. The summed E-state index contributed by atoms with van der Waals surface area (Å²) in [5, 5.41) is 8.83. The number of amides is 1. The lowest BCUT2D eigenvalue weighted by molar-refractivity contribution is 0.0736. The molecule has 1 aliphatic carbocycles. The molecule has 5 nitrogen and oxygen atoms in total. The van der Waals surface area contributed by atoms with Crippen LogP contribution >= 0.6 is 24.0 Å². The van der Waals surface area contributed by atoms with Crippen molar-refractivity contribution in [2.24, 2.45) is 0 Å². The number of carbonyl (C=O) groups excluding carboxylic acids is 1. The van der Waals surface area contributed by atoms with Gasteiger partial charge in [-0.3, -0.25) is 4.79 Å². The van der Waals surface area contributed by atoms with Crippen molar-refractivity contribution in [1.82, 2.24) is 20.0 Å². The standard InChI is InChI=1S/C20H25ClN4O.ClH/c1-24(16-11-12-22-13-16)20(26)19-17-5-3-2-4-6-18(17)25(23-19)15-9-7-14(21)8-10-15;/h7-10,16,22H,2-6,11-13H2,1H3;1H. The number of fused-ring (bicyclic) bond motifs is 1. The molecule has 2 heterocycles. The van der Waals surface area contributed by atoms with Gasteiger partial charge in [-0.15, -0.1) is 12.4 Å². The van der Waals surface area contributed by atoms with E-state index in [0.717, 1.165) is 56.4 Å². The van der Waals surface area contributed by atoms with Crippen molar-refractivity contribution in [3.63, 3.8) is 0 Å². The molecule has 0 radical (unpaired) electrons. The Kier molecular flexibility index (Phi) is 6.45. The summed E-state index contributed by atoms with van der Waals surface area (Å²) >= 11 is 6.04. The summed E-state index contributed by atoms with van der Waals surface area (Å²) in [6.07, 6.45) is 6.36. The fourth-order valence-corrected chi connectivity index (χ4v) is 4.17. The van der Waals surface area contributed by atoms with Gasteiger partial charge in [0.15, 0.2) is 5.69 Å². The van der Waals surface area contributed by atoms with Gasteiger partial charge < -0.3 is 10.2 Å². The molecule has 1 aromatic heterocycles. The zero-order valence-electron chi connectivity index (χ0n) is 15.6. The number of likely N-dealkylation sites (N-methyl/N-ethyl adjacent to an activating group) is 1. The highest BCUT2D eigenvalue weighted by Crippen LogP contribution is 2.28. The average Bonchev–Trinajstić information content (AvgIpc) is 3.24. The molecule has 2 aromatic rings. The number of aromatic nitrogens is 2. The number of benzene rings is 1. The molecule has 7 heteroatoms. The van der Waals surface area contributed by atoms with Gasteiger partial charge >= 0.3 is 0 Å². The molecule has 1 N–H and O–H groups in total. The lowest BCUT2D eigenvalue weighted by atomic mass is 10.1. The van der Waals surface area contributed by atoms with Crippen molar-refractivity contribution in [2.45, 2.75) is 44.6 Å². The first kappa shape index (κ1) is 20.2. The average molecular weight is 409 g/mol. The Balaban J connectivity index is 0.00000210. The largest absolute Gasteiger partial charge is 0.336 e. The van der Waals surface area contributed by atoms with Crippen molar-refractivity contribution in [2.75, 3.05) is 20.1 Å². The molecular weight excluding hydrogens is 383 g/mol. The number of carbonyl (C=O) groups is 1. The van der Waals surface area contributed by atoms with Crippen LogP contribution in [-0.2, 0) is 12.8 Å². The van der Waals surface area contributed by atoms with Gasteiger partial charge in [-0.25, -0.2) is 4.68 Å². The number of nitrogens with zero attached hydrogens (tertiary/aromatic N) is 3. The van der Waals surface area contributed by atoms with Gasteiger partial charge in [0.25, 0.3) is 5.91 Å². The van der Waals surface area contributed by atoms with Crippen LogP contribution in [0.4, 0.5) is 0 Å². The Morgan fingerprint density at radius 2 is 1.96 bits per heavy atom. The molecule has 4 rings (SSSR count). The maximum atomic E-state index is 13.2. The van der Waals surface area contributed by atoms with Gasteiger partial charge in [0, 0.05) is 35.9 Å². The predicted octanol–water partition coefficient (Wildman–Crippen LogP) is 3.65. The van der Waals surface area contributed by atoms with E-state index in [0.29, 0.717) is 10.7 Å². The first-order valence-corrected chi connectivity index (χ1v) is 9.87. The Hall–Kier alpha value is -1.56. The van der Waals surface area contributed by atoms with E-state index in [1.807, 2.05) is 40.9 Å². The molecular formula is C20H26Cl2N4O. The van der Waals surface area contributed by atoms with Gasteiger partial charge in [0.2, 0.25) is 0 Å². The second-order valence-electron chi connectivity index (χ2n) is 7.29. The van der Waals surface area contributed by atoms with Crippen molar-refractivity contribution < 1.29 is 4.79 Å². The topological polar surface area (TPSA) is 50.2 Å². The Morgan fingerprint density at radius 3 is 2.67 bits per heavy atom. The first-order valence-electron chi connectivity index (χ1n) is 9.50. The molecule has 146 valence electrons. The molecule has 1 amide bonds. The molecule has 0 spiro atoms. The minimum absolute atomic E-state index is 0. The van der Waals surface area contributed by atoms with E-state index in [2.05, 4.69) is 5.32 Å². The molecule has 1 fully saturated rings. The minimum atomic E-state index is 0. The molecule has 1 aromatic carbocycles. The summed E-state index contributed by atoms with van der Waals surface area (Å²) in [4.78, 5) is 15.1. The Labute approximate surface area is 171 Å². The van der Waals surface area contributed by atoms with Gasteiger partial charge in [-0.05, 0) is 62.9 Å². The lowest BCUT2D eigenvalue weighted by Crippen LogP contribution is -2.39. The van der Waals surface area contributed by atoms with Crippen molar-refractivity contribution in [1.29, 1.82) is 0 Å². The number of halogens is 2. The summed E-state index contributed by atoms with van der Waals surface area (Å²) in [6.45, 7) is 1.84.